The van der Waals surface area contributed by atoms with Crippen LogP contribution in [0.25, 0.3) is 0 Å². The zero-order valence-corrected chi connectivity index (χ0v) is 12.8. The van der Waals surface area contributed by atoms with Crippen molar-refractivity contribution < 1.29 is 14.7 Å². The first-order valence-corrected chi connectivity index (χ1v) is 7.37. The van der Waals surface area contributed by atoms with E-state index in [2.05, 4.69) is 5.32 Å². The van der Waals surface area contributed by atoms with E-state index in [0.29, 0.717) is 29.6 Å². The molecule has 0 saturated carbocycles. The topological polar surface area (TPSA) is 92.4 Å². The monoisotopic (exact) mass is 312 g/mol. The fourth-order valence-electron chi connectivity index (χ4n) is 2.21. The van der Waals surface area contributed by atoms with Crippen LogP contribution in [0, 0.1) is 5.92 Å². The molecule has 0 fully saturated rings. The molecule has 21 heavy (non-hydrogen) atoms. The number of nitrogens with two attached hydrogens (primary N) is 1. The van der Waals surface area contributed by atoms with Crippen LogP contribution in [0.3, 0.4) is 0 Å². The van der Waals surface area contributed by atoms with Crippen molar-refractivity contribution in [3.63, 3.8) is 0 Å². The minimum absolute atomic E-state index is 0.183. The van der Waals surface area contributed by atoms with Crippen LogP contribution >= 0.6 is 11.6 Å². The number of hydrogen-bond donors (Lipinski definition) is 3. The molecule has 6 heteroatoms. The Morgan fingerprint density at radius 3 is 2.67 bits per heavy atom. The van der Waals surface area contributed by atoms with Gasteiger partial charge in [0.1, 0.15) is 0 Å². The minimum Gasteiger partial charge on any atom is -0.481 e. The van der Waals surface area contributed by atoms with Crippen LogP contribution < -0.4 is 11.1 Å². The summed E-state index contributed by atoms with van der Waals surface area (Å²) in [6.45, 7) is 2.68. The summed E-state index contributed by atoms with van der Waals surface area (Å²) in [5.41, 5.74) is 6.23. The Hall–Kier alpha value is -1.75. The lowest BCUT2D eigenvalue weighted by molar-refractivity contribution is -0.137. The Kier molecular flexibility index (Phi) is 7.02. The first-order chi connectivity index (χ1) is 9.95. The molecule has 0 spiro atoms. The number of rotatable bonds is 9. The van der Waals surface area contributed by atoms with E-state index in [9.17, 15) is 9.59 Å². The zero-order chi connectivity index (χ0) is 15.8. The van der Waals surface area contributed by atoms with E-state index < -0.39 is 11.9 Å². The second-order valence-electron chi connectivity index (χ2n) is 4.95. The molecule has 116 valence electrons. The summed E-state index contributed by atoms with van der Waals surface area (Å²) in [4.78, 5) is 22.0. The van der Waals surface area contributed by atoms with Crippen molar-refractivity contribution in [2.45, 2.75) is 32.6 Å². The van der Waals surface area contributed by atoms with Gasteiger partial charge in [0.15, 0.2) is 0 Å². The summed E-state index contributed by atoms with van der Waals surface area (Å²) in [6, 6.07) is 5.12. The van der Waals surface area contributed by atoms with E-state index in [1.807, 2.05) is 6.92 Å². The third-order valence-electron chi connectivity index (χ3n) is 3.47. The number of benzene rings is 1. The molecule has 1 unspecified atom stereocenters. The van der Waals surface area contributed by atoms with E-state index in [1.165, 1.54) is 0 Å². The molecule has 0 heterocycles. The predicted octanol–water partition coefficient (Wildman–Crippen LogP) is 3.13. The number of amides is 1. The summed E-state index contributed by atoms with van der Waals surface area (Å²) < 4.78 is 0. The standard InChI is InChI=1S/C15H21ClN2O3/c1-2-10(6-7-13(19)20)8-9-18-12-5-3-4-11(16)14(12)15(17)21/h3-5,10,18H,2,6-9H2,1H3,(H2,17,21)(H,19,20). The molecule has 5 nitrogen and oxygen atoms in total. The lowest BCUT2D eigenvalue weighted by atomic mass is 9.96. The third kappa shape index (κ3) is 5.63. The number of carbonyl (C=O) groups is 2. The number of carboxylic acids is 1. The van der Waals surface area contributed by atoms with Crippen LogP contribution in [0.5, 0.6) is 0 Å². The molecule has 1 aromatic rings. The van der Waals surface area contributed by atoms with Crippen LogP contribution in [0.4, 0.5) is 5.69 Å². The Bertz CT molecular complexity index is 506. The Morgan fingerprint density at radius 1 is 1.38 bits per heavy atom. The molecular formula is C15H21ClN2O3. The van der Waals surface area contributed by atoms with Crippen LogP contribution in [0.1, 0.15) is 43.0 Å². The normalized spacial score (nSPS) is 11.9. The first kappa shape index (κ1) is 17.3. The number of aliphatic carboxylic acids is 1. The molecule has 0 aliphatic heterocycles. The number of anilines is 1. The quantitative estimate of drug-likeness (QED) is 0.653. The average molecular weight is 313 g/mol. The van der Waals surface area contributed by atoms with E-state index in [4.69, 9.17) is 22.4 Å². The van der Waals surface area contributed by atoms with Gasteiger partial charge in [0.25, 0.3) is 5.91 Å². The Balaban J connectivity index is 2.57. The van der Waals surface area contributed by atoms with Gasteiger partial charge >= 0.3 is 5.97 Å². The number of nitrogens with one attached hydrogen (secondary N) is 1. The van der Waals surface area contributed by atoms with Gasteiger partial charge in [-0.3, -0.25) is 9.59 Å². The largest absolute Gasteiger partial charge is 0.481 e. The van der Waals surface area contributed by atoms with E-state index in [0.717, 1.165) is 12.8 Å². The molecule has 0 bridgehead atoms. The van der Waals surface area contributed by atoms with Crippen LogP contribution in [-0.2, 0) is 4.79 Å². The number of primary amides is 1. The van der Waals surface area contributed by atoms with Crippen LogP contribution in [0.2, 0.25) is 5.02 Å². The molecule has 0 aliphatic carbocycles. The molecule has 0 aliphatic rings. The van der Waals surface area contributed by atoms with E-state index in [1.54, 1.807) is 18.2 Å². The minimum atomic E-state index is -0.771. The Labute approximate surface area is 129 Å². The number of hydrogen-bond acceptors (Lipinski definition) is 3. The SMILES string of the molecule is CCC(CCNc1cccc(Cl)c1C(N)=O)CCC(=O)O. The van der Waals surface area contributed by atoms with Crippen molar-refractivity contribution in [1.29, 1.82) is 0 Å². The molecule has 1 amide bonds. The van der Waals surface area contributed by atoms with Crippen molar-refractivity contribution in [3.8, 4) is 0 Å². The second-order valence-corrected chi connectivity index (χ2v) is 5.36. The maximum Gasteiger partial charge on any atom is 0.303 e. The van der Waals surface area contributed by atoms with Gasteiger partial charge in [0, 0.05) is 18.7 Å². The van der Waals surface area contributed by atoms with Gasteiger partial charge in [-0.25, -0.2) is 0 Å². The highest BCUT2D eigenvalue weighted by Crippen LogP contribution is 2.24. The zero-order valence-electron chi connectivity index (χ0n) is 12.1. The lowest BCUT2D eigenvalue weighted by Gasteiger charge is -2.16. The van der Waals surface area contributed by atoms with Crippen molar-refractivity contribution in [1.82, 2.24) is 0 Å². The van der Waals surface area contributed by atoms with Gasteiger partial charge in [0.05, 0.1) is 10.6 Å². The molecule has 4 N–H and O–H groups in total. The maximum atomic E-state index is 11.4. The summed E-state index contributed by atoms with van der Waals surface area (Å²) in [5, 5.41) is 12.2. The van der Waals surface area contributed by atoms with Crippen molar-refractivity contribution >= 4 is 29.2 Å². The molecule has 1 atom stereocenters. The summed E-state index contributed by atoms with van der Waals surface area (Å²) in [7, 11) is 0. The maximum absolute atomic E-state index is 11.4. The van der Waals surface area contributed by atoms with Crippen LogP contribution in [-0.4, -0.2) is 23.5 Å². The molecule has 1 aromatic carbocycles. The van der Waals surface area contributed by atoms with Crippen LogP contribution in [0.15, 0.2) is 18.2 Å². The fraction of sp³-hybridized carbons (Fsp3) is 0.467. The molecular weight excluding hydrogens is 292 g/mol. The van der Waals surface area contributed by atoms with E-state index >= 15 is 0 Å². The highest BCUT2D eigenvalue weighted by Gasteiger charge is 2.13. The van der Waals surface area contributed by atoms with Gasteiger partial charge in [-0.1, -0.05) is 31.0 Å². The highest BCUT2D eigenvalue weighted by molar-refractivity contribution is 6.34. The van der Waals surface area contributed by atoms with E-state index in [-0.39, 0.29) is 12.0 Å². The number of carbonyl (C=O) groups excluding carboxylic acids is 1. The van der Waals surface area contributed by atoms with Gasteiger partial charge in [-0.15, -0.1) is 0 Å². The molecule has 0 aromatic heterocycles. The number of halogens is 1. The third-order valence-corrected chi connectivity index (χ3v) is 3.79. The van der Waals surface area contributed by atoms with Crippen molar-refractivity contribution in [2.75, 3.05) is 11.9 Å². The highest BCUT2D eigenvalue weighted by atomic mass is 35.5. The van der Waals surface area contributed by atoms with Gasteiger partial charge < -0.3 is 16.2 Å². The first-order valence-electron chi connectivity index (χ1n) is 6.99. The van der Waals surface area contributed by atoms with Gasteiger partial charge in [0.2, 0.25) is 0 Å². The smallest absolute Gasteiger partial charge is 0.303 e. The predicted molar refractivity (Wildman–Crippen MR) is 83.7 cm³/mol. The summed E-state index contributed by atoms with van der Waals surface area (Å²) in [6.07, 6.45) is 2.59. The molecule has 0 saturated heterocycles. The van der Waals surface area contributed by atoms with Gasteiger partial charge in [-0.2, -0.15) is 0 Å². The number of carboxylic acid groups (broad SMARTS) is 1. The summed E-state index contributed by atoms with van der Waals surface area (Å²) >= 11 is 5.97. The second kappa shape index (κ2) is 8.52. The summed E-state index contributed by atoms with van der Waals surface area (Å²) in [5.74, 6) is -1.00. The van der Waals surface area contributed by atoms with Crippen molar-refractivity contribution in [3.05, 3.63) is 28.8 Å². The Morgan fingerprint density at radius 2 is 2.10 bits per heavy atom. The lowest BCUT2D eigenvalue weighted by Crippen LogP contribution is -2.16. The van der Waals surface area contributed by atoms with Crippen molar-refractivity contribution in [2.24, 2.45) is 11.7 Å². The van der Waals surface area contributed by atoms with Gasteiger partial charge in [-0.05, 0) is 30.9 Å². The molecule has 1 rings (SSSR count). The fourth-order valence-corrected chi connectivity index (χ4v) is 2.48. The molecule has 0 radical (unpaired) electrons. The average Bonchev–Trinajstić information content (AvgIpc) is 2.41.